The van der Waals surface area contributed by atoms with Crippen LogP contribution in [0.15, 0.2) is 24.3 Å². The molecular weight excluding hydrogens is 270 g/mol. The minimum absolute atomic E-state index is 0.366. The molecule has 0 radical (unpaired) electrons. The van der Waals surface area contributed by atoms with Crippen LogP contribution in [-0.2, 0) is 9.59 Å². The van der Waals surface area contributed by atoms with Crippen molar-refractivity contribution in [3.8, 4) is 0 Å². The van der Waals surface area contributed by atoms with Gasteiger partial charge in [-0.2, -0.15) is 0 Å². The van der Waals surface area contributed by atoms with Crippen LogP contribution in [0.4, 0.5) is 13.6 Å². The van der Waals surface area contributed by atoms with Crippen LogP contribution in [0.1, 0.15) is 17.0 Å². The molecular formula is C13H12F2N2O3. The highest BCUT2D eigenvalue weighted by Gasteiger charge is 2.42. The molecule has 0 bridgehead atoms. The Labute approximate surface area is 113 Å². The Morgan fingerprint density at radius 3 is 2.35 bits per heavy atom. The summed E-state index contributed by atoms with van der Waals surface area (Å²) < 4.78 is 24.8. The van der Waals surface area contributed by atoms with E-state index in [9.17, 15) is 23.2 Å². The third-order valence-electron chi connectivity index (χ3n) is 2.98. The minimum atomic E-state index is -2.85. The number of nitrogens with zero attached hydrogens (tertiary/aromatic N) is 1. The van der Waals surface area contributed by atoms with Crippen molar-refractivity contribution < 1.29 is 23.2 Å². The minimum Gasteiger partial charge on any atom is -0.277 e. The van der Waals surface area contributed by atoms with Crippen molar-refractivity contribution in [1.82, 2.24) is 10.2 Å². The molecule has 1 aromatic carbocycles. The highest BCUT2D eigenvalue weighted by Crippen LogP contribution is 2.23. The zero-order valence-corrected chi connectivity index (χ0v) is 10.6. The van der Waals surface area contributed by atoms with Gasteiger partial charge in [0.15, 0.2) is 0 Å². The first kappa shape index (κ1) is 14.1. The first-order valence-corrected chi connectivity index (χ1v) is 5.91. The third kappa shape index (κ3) is 2.66. The van der Waals surface area contributed by atoms with Gasteiger partial charge in [-0.25, -0.2) is 13.6 Å². The molecule has 0 saturated carbocycles. The van der Waals surface area contributed by atoms with E-state index in [2.05, 4.69) is 0 Å². The van der Waals surface area contributed by atoms with Gasteiger partial charge in [-0.15, -0.1) is 0 Å². The van der Waals surface area contributed by atoms with E-state index >= 15 is 0 Å². The lowest BCUT2D eigenvalue weighted by Gasteiger charge is -2.30. The van der Waals surface area contributed by atoms with Crippen LogP contribution in [0.5, 0.6) is 0 Å². The summed E-state index contributed by atoms with van der Waals surface area (Å²) >= 11 is 0. The van der Waals surface area contributed by atoms with Crippen LogP contribution >= 0.6 is 0 Å². The molecule has 2 rings (SSSR count). The number of hydrogen-bond acceptors (Lipinski definition) is 3. The Bertz CT molecular complexity index is 557. The summed E-state index contributed by atoms with van der Waals surface area (Å²) in [6, 6.07) is 5.42. The fraction of sp³-hybridized carbons (Fsp3) is 0.308. The number of nitrogens with one attached hydrogen (secondary N) is 1. The molecule has 1 aromatic rings. The first-order chi connectivity index (χ1) is 9.40. The van der Waals surface area contributed by atoms with E-state index < -0.39 is 36.7 Å². The fourth-order valence-electron chi connectivity index (χ4n) is 1.98. The van der Waals surface area contributed by atoms with Crippen molar-refractivity contribution in [2.75, 3.05) is 6.54 Å². The predicted octanol–water partition coefficient (Wildman–Crippen LogP) is 1.42. The summed E-state index contributed by atoms with van der Waals surface area (Å²) in [5.74, 6) is -3.00. The van der Waals surface area contributed by atoms with Crippen molar-refractivity contribution >= 4 is 17.8 Å². The maximum Gasteiger partial charge on any atom is 0.330 e. The lowest BCUT2D eigenvalue weighted by atomic mass is 9.94. The molecule has 106 valence electrons. The van der Waals surface area contributed by atoms with Gasteiger partial charge in [0.05, 0.1) is 6.54 Å². The predicted molar refractivity (Wildman–Crippen MR) is 65.2 cm³/mol. The molecule has 1 aliphatic heterocycles. The molecule has 1 unspecified atom stereocenters. The second-order valence-corrected chi connectivity index (χ2v) is 4.48. The lowest BCUT2D eigenvalue weighted by Crippen LogP contribution is -2.57. The second kappa shape index (κ2) is 5.36. The van der Waals surface area contributed by atoms with Crippen LogP contribution in [0.2, 0.25) is 0 Å². The number of carbonyl (C=O) groups is 3. The van der Waals surface area contributed by atoms with E-state index in [1.54, 1.807) is 24.3 Å². The van der Waals surface area contributed by atoms with Crippen molar-refractivity contribution in [2.45, 2.75) is 19.3 Å². The number of amides is 4. The van der Waals surface area contributed by atoms with Crippen LogP contribution in [0.3, 0.4) is 0 Å². The van der Waals surface area contributed by atoms with Gasteiger partial charge in [-0.1, -0.05) is 29.8 Å². The Morgan fingerprint density at radius 2 is 1.80 bits per heavy atom. The maximum atomic E-state index is 12.4. The SMILES string of the molecule is Cc1ccc(C2C(=O)NC(=O)N(CC(F)F)C2=O)cc1. The van der Waals surface area contributed by atoms with Gasteiger partial charge in [0.1, 0.15) is 5.92 Å². The number of benzene rings is 1. The number of alkyl halides is 2. The number of rotatable bonds is 3. The summed E-state index contributed by atoms with van der Waals surface area (Å²) in [6.45, 7) is 0.805. The Hall–Kier alpha value is -2.31. The van der Waals surface area contributed by atoms with Gasteiger partial charge in [0.2, 0.25) is 11.8 Å². The Morgan fingerprint density at radius 1 is 1.20 bits per heavy atom. The number of barbiturate groups is 1. The zero-order chi connectivity index (χ0) is 14.9. The van der Waals surface area contributed by atoms with Crippen molar-refractivity contribution in [3.05, 3.63) is 35.4 Å². The van der Waals surface area contributed by atoms with Gasteiger partial charge < -0.3 is 0 Å². The van der Waals surface area contributed by atoms with E-state index in [-0.39, 0.29) is 0 Å². The molecule has 5 nitrogen and oxygen atoms in total. The van der Waals surface area contributed by atoms with E-state index in [1.807, 2.05) is 12.2 Å². The number of aryl methyl sites for hydroxylation is 1. The molecule has 1 aliphatic rings. The van der Waals surface area contributed by atoms with Gasteiger partial charge in [0.25, 0.3) is 6.43 Å². The molecule has 1 saturated heterocycles. The number of hydrogen-bond donors (Lipinski definition) is 1. The van der Waals surface area contributed by atoms with Crippen LogP contribution < -0.4 is 5.32 Å². The number of imide groups is 2. The van der Waals surface area contributed by atoms with Gasteiger partial charge >= 0.3 is 6.03 Å². The normalized spacial score (nSPS) is 19.5. The second-order valence-electron chi connectivity index (χ2n) is 4.48. The van der Waals surface area contributed by atoms with Gasteiger partial charge in [-0.3, -0.25) is 19.8 Å². The molecule has 20 heavy (non-hydrogen) atoms. The maximum absolute atomic E-state index is 12.4. The Kier molecular flexibility index (Phi) is 3.78. The average Bonchev–Trinajstić information content (AvgIpc) is 2.36. The van der Waals surface area contributed by atoms with Crippen molar-refractivity contribution in [1.29, 1.82) is 0 Å². The lowest BCUT2D eigenvalue weighted by molar-refractivity contribution is -0.140. The summed E-state index contributed by atoms with van der Waals surface area (Å²) in [5.41, 5.74) is 1.29. The van der Waals surface area contributed by atoms with Crippen LogP contribution in [-0.4, -0.2) is 35.7 Å². The molecule has 0 aliphatic carbocycles. The molecule has 0 aromatic heterocycles. The van der Waals surface area contributed by atoms with E-state index in [1.165, 1.54) is 0 Å². The summed E-state index contributed by atoms with van der Waals surface area (Å²) in [7, 11) is 0. The zero-order valence-electron chi connectivity index (χ0n) is 10.6. The molecule has 0 spiro atoms. The molecule has 4 amide bonds. The Balaban J connectivity index is 2.32. The highest BCUT2D eigenvalue weighted by atomic mass is 19.3. The summed E-state index contributed by atoms with van der Waals surface area (Å²) in [5, 5.41) is 1.92. The van der Waals surface area contributed by atoms with Gasteiger partial charge in [0, 0.05) is 0 Å². The molecule has 1 atom stereocenters. The standard InChI is InChI=1S/C13H12F2N2O3/c1-7-2-4-8(5-3-7)10-11(18)16-13(20)17(12(10)19)6-9(14)15/h2-5,9-10H,6H2,1H3,(H,16,18,20). The molecule has 1 heterocycles. The van der Waals surface area contributed by atoms with E-state index in [0.717, 1.165) is 5.56 Å². The quantitative estimate of drug-likeness (QED) is 0.853. The van der Waals surface area contributed by atoms with E-state index in [4.69, 9.17) is 0 Å². The highest BCUT2D eigenvalue weighted by molar-refractivity contribution is 6.19. The van der Waals surface area contributed by atoms with Crippen molar-refractivity contribution in [2.24, 2.45) is 0 Å². The monoisotopic (exact) mass is 282 g/mol. The average molecular weight is 282 g/mol. The number of halogens is 2. The first-order valence-electron chi connectivity index (χ1n) is 5.91. The van der Waals surface area contributed by atoms with Crippen LogP contribution in [0.25, 0.3) is 0 Å². The smallest absolute Gasteiger partial charge is 0.277 e. The number of carbonyl (C=O) groups excluding carboxylic acids is 3. The molecule has 7 heteroatoms. The third-order valence-corrected chi connectivity index (χ3v) is 2.98. The largest absolute Gasteiger partial charge is 0.330 e. The van der Waals surface area contributed by atoms with Crippen molar-refractivity contribution in [3.63, 3.8) is 0 Å². The van der Waals surface area contributed by atoms with Gasteiger partial charge in [-0.05, 0) is 12.5 Å². The molecule has 1 fully saturated rings. The molecule has 1 N–H and O–H groups in total. The fourth-order valence-corrected chi connectivity index (χ4v) is 1.98. The topological polar surface area (TPSA) is 66.5 Å². The summed E-state index contributed by atoms with van der Waals surface area (Å²) in [6.07, 6.45) is -2.85. The van der Waals surface area contributed by atoms with E-state index in [0.29, 0.717) is 10.5 Å². The number of urea groups is 1. The van der Waals surface area contributed by atoms with Crippen LogP contribution in [0, 0.1) is 6.92 Å². The summed E-state index contributed by atoms with van der Waals surface area (Å²) in [4.78, 5) is 35.6.